The Morgan fingerprint density at radius 2 is 1.58 bits per heavy atom. The van der Waals surface area contributed by atoms with Crippen LogP contribution in [0.4, 0.5) is 13.2 Å². The fourth-order valence-corrected chi connectivity index (χ4v) is 8.85. The summed E-state index contributed by atoms with van der Waals surface area (Å²) in [6.07, 6.45) is 2.28. The fourth-order valence-electron chi connectivity index (χ4n) is 8.85. The van der Waals surface area contributed by atoms with Crippen LogP contribution in [0.15, 0.2) is 42.6 Å². The first-order valence-electron chi connectivity index (χ1n) is 22.7. The number of carboxylic acids is 1. The van der Waals surface area contributed by atoms with Crippen LogP contribution in [0.5, 0.6) is 11.5 Å². The molecule has 0 radical (unpaired) electrons. The van der Waals surface area contributed by atoms with Crippen LogP contribution in [-0.2, 0) is 38.6 Å². The van der Waals surface area contributed by atoms with Gasteiger partial charge in [0, 0.05) is 77.3 Å². The maximum atomic E-state index is 13.6. The Hall–Kier alpha value is -5.31. The second-order valence-electron chi connectivity index (χ2n) is 17.3. The Balaban J connectivity index is 1.02. The second kappa shape index (κ2) is 23.2. The number of benzene rings is 2. The monoisotopic (exact) mass is 912 g/mol. The molecule has 3 aliphatic rings. The van der Waals surface area contributed by atoms with Gasteiger partial charge in [-0.15, -0.1) is 18.3 Å². The predicted octanol–water partition coefficient (Wildman–Crippen LogP) is 2.88. The first-order chi connectivity index (χ1) is 31.2. The summed E-state index contributed by atoms with van der Waals surface area (Å²) < 4.78 is 53.2. The second-order valence-corrected chi connectivity index (χ2v) is 17.3. The van der Waals surface area contributed by atoms with E-state index in [0.717, 1.165) is 55.4 Å². The number of aliphatic carboxylic acids is 1. The molecule has 1 aromatic heterocycles. The molecule has 2 fully saturated rings. The van der Waals surface area contributed by atoms with Gasteiger partial charge in [0.05, 0.1) is 29.9 Å². The molecule has 3 amide bonds. The molecule has 1 saturated heterocycles. The van der Waals surface area contributed by atoms with Gasteiger partial charge in [0.2, 0.25) is 17.7 Å². The number of fused-ring (bicyclic) bond motifs is 1. The van der Waals surface area contributed by atoms with Gasteiger partial charge in [-0.1, -0.05) is 24.3 Å². The molecule has 20 heteroatoms. The highest BCUT2D eigenvalue weighted by Gasteiger charge is 2.40. The molecule has 356 valence electrons. The largest absolute Gasteiger partial charge is 0.573 e. The van der Waals surface area contributed by atoms with Gasteiger partial charge in [-0.2, -0.15) is 0 Å². The number of nitrogens with two attached hydrogens (primary N) is 2. The van der Waals surface area contributed by atoms with Crippen molar-refractivity contribution in [2.45, 2.75) is 89.6 Å². The number of aryl methyl sites for hydroxylation is 1. The van der Waals surface area contributed by atoms with Crippen molar-refractivity contribution in [3.8, 4) is 17.2 Å². The summed E-state index contributed by atoms with van der Waals surface area (Å²) in [6, 6.07) is 10.5. The number of carboxylic acid groups (broad SMARTS) is 1. The van der Waals surface area contributed by atoms with E-state index in [2.05, 4.69) is 48.0 Å². The van der Waals surface area contributed by atoms with Crippen molar-refractivity contribution >= 4 is 23.7 Å². The summed E-state index contributed by atoms with van der Waals surface area (Å²) in [6.45, 7) is 5.95. The number of amides is 3. The number of ether oxygens (including phenoxy) is 2. The highest BCUT2D eigenvalue weighted by Crippen LogP contribution is 2.48. The molecule has 2 aliphatic heterocycles. The van der Waals surface area contributed by atoms with Crippen LogP contribution in [0.2, 0.25) is 0 Å². The number of hydrogen-bond donors (Lipinski definition) is 6. The lowest BCUT2D eigenvalue weighted by Gasteiger charge is -2.38. The van der Waals surface area contributed by atoms with Crippen molar-refractivity contribution in [3.05, 3.63) is 65.0 Å². The first kappa shape index (κ1) is 49.1. The van der Waals surface area contributed by atoms with Gasteiger partial charge in [-0.3, -0.25) is 24.1 Å². The molecule has 0 bridgehead atoms. The van der Waals surface area contributed by atoms with Crippen molar-refractivity contribution in [3.63, 3.8) is 0 Å². The average molecular weight is 913 g/mol. The zero-order valence-electron chi connectivity index (χ0n) is 37.0. The number of likely N-dealkylation sites (tertiary alicyclic amines) is 1. The topological polar surface area (TPSA) is 232 Å². The van der Waals surface area contributed by atoms with E-state index in [1.165, 1.54) is 16.8 Å². The third-order valence-electron chi connectivity index (χ3n) is 12.5. The van der Waals surface area contributed by atoms with E-state index >= 15 is 0 Å². The van der Waals surface area contributed by atoms with E-state index in [0.29, 0.717) is 81.8 Å². The minimum Gasteiger partial charge on any atom is -0.490 e. The molecule has 3 heterocycles. The van der Waals surface area contributed by atoms with E-state index in [9.17, 15) is 37.5 Å². The minimum absolute atomic E-state index is 0.0142. The van der Waals surface area contributed by atoms with Crippen molar-refractivity contribution in [1.82, 2.24) is 40.7 Å². The molecule has 3 aromatic rings. The predicted molar refractivity (Wildman–Crippen MR) is 234 cm³/mol. The Bertz CT molecular complexity index is 2050. The third kappa shape index (κ3) is 14.9. The number of halogens is 3. The lowest BCUT2D eigenvalue weighted by molar-refractivity contribution is -0.275. The lowest BCUT2D eigenvalue weighted by Crippen LogP contribution is -2.40. The van der Waals surface area contributed by atoms with Crippen LogP contribution >= 0.6 is 0 Å². The number of rotatable bonds is 24. The van der Waals surface area contributed by atoms with Gasteiger partial charge >= 0.3 is 12.3 Å². The Morgan fingerprint density at radius 1 is 0.908 bits per heavy atom. The number of carbonyl (C=O) groups is 4. The first-order valence-corrected chi connectivity index (χ1v) is 22.7. The van der Waals surface area contributed by atoms with Crippen LogP contribution < -0.4 is 36.9 Å². The maximum absolute atomic E-state index is 13.6. The number of piperidine rings is 1. The molecule has 1 saturated carbocycles. The molecule has 65 heavy (non-hydrogen) atoms. The van der Waals surface area contributed by atoms with Gasteiger partial charge in [-0.05, 0) is 105 Å². The number of carbonyl (C=O) groups excluding carboxylic acids is 3. The van der Waals surface area contributed by atoms with Crippen molar-refractivity contribution in [2.24, 2.45) is 29.2 Å². The molecular formula is C45H63F3N10O7. The van der Waals surface area contributed by atoms with E-state index in [-0.39, 0.29) is 73.8 Å². The molecule has 1 aliphatic carbocycles. The number of nitrogens with one attached hydrogen (secondary N) is 3. The molecule has 2 aromatic carbocycles. The van der Waals surface area contributed by atoms with Crippen LogP contribution in [0.25, 0.3) is 5.69 Å². The third-order valence-corrected chi connectivity index (χ3v) is 12.5. The van der Waals surface area contributed by atoms with E-state index < -0.39 is 18.2 Å². The smallest absolute Gasteiger partial charge is 0.490 e. The lowest BCUT2D eigenvalue weighted by atomic mass is 9.81. The Kier molecular flexibility index (Phi) is 17.6. The van der Waals surface area contributed by atoms with Gasteiger partial charge in [0.1, 0.15) is 17.6 Å². The number of alkyl halides is 3. The van der Waals surface area contributed by atoms with E-state index in [1.807, 2.05) is 11.0 Å². The SMILES string of the molecule is C[C@H](C(=O)O)[C@H](c1ccc2c(c1)O[C@@H](C1CCN(Cc3cc(-n4cc(CC(=O)NCCN(CCC(=O)NCCN)CCC(=O)NCCN)nn4)ccc3OC(F)(F)F)CC1)CC2)C1CC1. The van der Waals surface area contributed by atoms with Crippen molar-refractivity contribution in [1.29, 1.82) is 0 Å². The Labute approximate surface area is 377 Å². The molecular weight excluding hydrogens is 850 g/mol. The highest BCUT2D eigenvalue weighted by atomic mass is 19.4. The average Bonchev–Trinajstić information content (AvgIpc) is 4.01. The highest BCUT2D eigenvalue weighted by molar-refractivity contribution is 5.78. The fraction of sp³-hybridized carbons (Fsp3) is 0.600. The summed E-state index contributed by atoms with van der Waals surface area (Å²) >= 11 is 0. The molecule has 0 spiro atoms. The summed E-state index contributed by atoms with van der Waals surface area (Å²) in [5.41, 5.74) is 14.2. The maximum Gasteiger partial charge on any atom is 0.573 e. The number of hydrogen-bond acceptors (Lipinski definition) is 12. The molecule has 3 atom stereocenters. The normalized spacial score (nSPS) is 17.7. The van der Waals surface area contributed by atoms with Crippen LogP contribution in [-0.4, -0.2) is 132 Å². The quantitative estimate of drug-likeness (QED) is 0.0761. The summed E-state index contributed by atoms with van der Waals surface area (Å²) in [4.78, 5) is 53.2. The van der Waals surface area contributed by atoms with Crippen LogP contribution in [0.3, 0.4) is 0 Å². The van der Waals surface area contributed by atoms with Gasteiger partial charge in [-0.25, -0.2) is 4.68 Å². The van der Waals surface area contributed by atoms with Gasteiger partial charge in [0.25, 0.3) is 0 Å². The van der Waals surface area contributed by atoms with Crippen LogP contribution in [0, 0.1) is 17.8 Å². The van der Waals surface area contributed by atoms with Crippen molar-refractivity contribution < 1.29 is 46.9 Å². The van der Waals surface area contributed by atoms with Crippen molar-refractivity contribution in [2.75, 3.05) is 65.4 Å². The van der Waals surface area contributed by atoms with Crippen LogP contribution in [0.1, 0.15) is 80.2 Å². The summed E-state index contributed by atoms with van der Waals surface area (Å²) in [5.74, 6) is -0.877. The molecule has 17 nitrogen and oxygen atoms in total. The van der Waals surface area contributed by atoms with Gasteiger partial charge < -0.3 is 46.9 Å². The molecule has 0 unspecified atom stereocenters. The zero-order chi connectivity index (χ0) is 46.5. The number of aromatic nitrogens is 3. The summed E-state index contributed by atoms with van der Waals surface area (Å²) in [7, 11) is 0. The van der Waals surface area contributed by atoms with Gasteiger partial charge in [0.15, 0.2) is 0 Å². The van der Waals surface area contributed by atoms with E-state index in [1.54, 1.807) is 19.2 Å². The molecule has 6 rings (SSSR count). The Morgan fingerprint density at radius 3 is 2.22 bits per heavy atom. The zero-order valence-corrected chi connectivity index (χ0v) is 37.0. The minimum atomic E-state index is -4.90. The summed E-state index contributed by atoms with van der Waals surface area (Å²) in [5, 5.41) is 26.3. The van der Waals surface area contributed by atoms with E-state index in [4.69, 9.17) is 16.2 Å². The number of nitrogens with zero attached hydrogens (tertiary/aromatic N) is 5. The standard InChI is InChI=1S/C45H63F3N10O7/c1-29(44(62)63)43(32-3-4-32)33-5-2-30-6-8-37(64-39(30)25-33)31-10-19-57(20-11-31)27-34-24-36(7-9-38(34)65-45(46,47)48)58-28-35(54-55-58)26-42(61)53-18-23-56(21-12-40(59)51-16-14-49)22-13-41(60)52-17-15-50/h2,5,7,9,24-25,28-29,31-32,37,43H,3-4,6,8,10-23,26-27,49-50H2,1H3,(H,51,59)(H,52,60)(H,53,61)(H,62,63)/t29-,37+,43-/m0/s1. The molecule has 8 N–H and O–H groups in total.